The van der Waals surface area contributed by atoms with Crippen LogP contribution in [0.15, 0.2) is 30.3 Å². The van der Waals surface area contributed by atoms with Crippen molar-refractivity contribution in [1.29, 1.82) is 0 Å². The van der Waals surface area contributed by atoms with Crippen LogP contribution >= 0.6 is 23.7 Å². The van der Waals surface area contributed by atoms with Gasteiger partial charge in [0.2, 0.25) is 0 Å². The smallest absolute Gasteiger partial charge is 0.355 e. The second-order valence-corrected chi connectivity index (χ2v) is 10.2. The Hall–Kier alpha value is -2.92. The van der Waals surface area contributed by atoms with Gasteiger partial charge >= 0.3 is 6.18 Å². The second-order valence-electron chi connectivity index (χ2n) is 9.19. The molecule has 200 valence electrons. The topological polar surface area (TPSA) is 65.5 Å². The first-order chi connectivity index (χ1) is 17.0. The number of nitrogens with zero attached hydrogens (tertiary/aromatic N) is 6. The number of halogens is 4. The highest BCUT2D eigenvalue weighted by molar-refractivity contribution is 7.17. The average molecular weight is 555 g/mol. The Kier molecular flexibility index (Phi) is 8.69. The van der Waals surface area contributed by atoms with Crippen LogP contribution in [-0.2, 0) is 6.18 Å². The minimum atomic E-state index is -4.69. The fraction of sp³-hybridized carbons (Fsp3) is 0.440. The van der Waals surface area contributed by atoms with Crippen LogP contribution in [0.25, 0.3) is 11.3 Å². The van der Waals surface area contributed by atoms with Gasteiger partial charge in [0.05, 0.1) is 5.69 Å². The Bertz CT molecular complexity index is 1240. The highest BCUT2D eigenvalue weighted by atomic mass is 35.5. The fourth-order valence-electron chi connectivity index (χ4n) is 4.39. The Morgan fingerprint density at radius 1 is 1.03 bits per heavy atom. The summed E-state index contributed by atoms with van der Waals surface area (Å²) >= 11 is 0.770. The maximum atomic E-state index is 13.6. The van der Waals surface area contributed by atoms with Gasteiger partial charge in [-0.25, -0.2) is 4.98 Å². The third kappa shape index (κ3) is 5.82. The fourth-order valence-corrected chi connectivity index (χ4v) is 5.38. The molecule has 1 aromatic carbocycles. The Morgan fingerprint density at radius 2 is 1.65 bits per heavy atom. The lowest BCUT2D eigenvalue weighted by Crippen LogP contribution is -2.46. The lowest BCUT2D eigenvalue weighted by atomic mass is 10.0. The van der Waals surface area contributed by atoms with Crippen LogP contribution in [0, 0.1) is 13.8 Å². The number of aromatic nitrogens is 3. The molecular weight excluding hydrogens is 525 g/mol. The van der Waals surface area contributed by atoms with Crippen molar-refractivity contribution in [3.8, 4) is 11.3 Å². The first kappa shape index (κ1) is 28.6. The van der Waals surface area contributed by atoms with Gasteiger partial charge in [0.25, 0.3) is 5.91 Å². The van der Waals surface area contributed by atoms with E-state index in [1.54, 1.807) is 21.1 Å². The van der Waals surface area contributed by atoms with Crippen molar-refractivity contribution in [3.63, 3.8) is 0 Å². The number of alkyl halides is 3. The van der Waals surface area contributed by atoms with E-state index in [4.69, 9.17) is 0 Å². The molecule has 0 spiro atoms. The molecule has 4 rings (SSSR count). The van der Waals surface area contributed by atoms with Crippen molar-refractivity contribution < 1.29 is 18.0 Å². The largest absolute Gasteiger partial charge is 0.435 e. The summed E-state index contributed by atoms with van der Waals surface area (Å²) < 4.78 is 40.7. The van der Waals surface area contributed by atoms with E-state index in [0.717, 1.165) is 39.5 Å². The van der Waals surface area contributed by atoms with Gasteiger partial charge in [0.1, 0.15) is 4.88 Å². The third-order valence-corrected chi connectivity index (χ3v) is 7.85. The number of anilines is 2. The molecule has 0 saturated carbocycles. The first-order valence-electron chi connectivity index (χ1n) is 11.7. The molecule has 1 aliphatic rings. The number of piperidine rings is 1. The van der Waals surface area contributed by atoms with Crippen LogP contribution in [0.4, 0.5) is 24.1 Å². The molecule has 7 nitrogen and oxygen atoms in total. The van der Waals surface area contributed by atoms with Crippen molar-refractivity contribution >= 4 is 40.6 Å². The van der Waals surface area contributed by atoms with Gasteiger partial charge in [-0.2, -0.15) is 13.2 Å². The van der Waals surface area contributed by atoms with E-state index in [9.17, 15) is 18.0 Å². The molecule has 0 radical (unpaired) electrons. The normalized spacial score (nSPS) is 14.3. The highest BCUT2D eigenvalue weighted by Gasteiger charge is 2.41. The predicted molar refractivity (Wildman–Crippen MR) is 143 cm³/mol. The molecule has 0 aliphatic carbocycles. The molecule has 0 atom stereocenters. The van der Waals surface area contributed by atoms with Gasteiger partial charge in [0.15, 0.2) is 16.6 Å². The number of amides is 1. The predicted octanol–water partition coefficient (Wildman–Crippen LogP) is 5.46. The third-order valence-electron chi connectivity index (χ3n) is 6.64. The number of hydrogen-bond donors (Lipinski definition) is 0. The van der Waals surface area contributed by atoms with E-state index in [1.165, 1.54) is 9.80 Å². The molecule has 0 unspecified atom stereocenters. The van der Waals surface area contributed by atoms with Gasteiger partial charge < -0.3 is 14.7 Å². The summed E-state index contributed by atoms with van der Waals surface area (Å²) in [5.74, 6) is 0.155. The SMILES string of the molecule is Cc1c(-c2ccccc2)nnc(N2CCC(N(C)C(=O)c3sc(N(C)C)nc3C(F)(F)F)CC2)c1C.Cl. The van der Waals surface area contributed by atoms with E-state index < -0.39 is 17.8 Å². The first-order valence-corrected chi connectivity index (χ1v) is 12.5. The molecule has 3 aromatic rings. The minimum Gasteiger partial charge on any atom is -0.355 e. The van der Waals surface area contributed by atoms with E-state index in [1.807, 2.05) is 44.2 Å². The van der Waals surface area contributed by atoms with Crippen molar-refractivity contribution in [2.45, 2.75) is 38.9 Å². The van der Waals surface area contributed by atoms with Crippen LogP contribution in [0.2, 0.25) is 0 Å². The van der Waals surface area contributed by atoms with Crippen molar-refractivity contribution in [1.82, 2.24) is 20.1 Å². The number of carbonyl (C=O) groups excluding carboxylic acids is 1. The van der Waals surface area contributed by atoms with Crippen LogP contribution in [0.3, 0.4) is 0 Å². The van der Waals surface area contributed by atoms with Gasteiger partial charge in [0, 0.05) is 45.8 Å². The maximum absolute atomic E-state index is 13.6. The number of benzene rings is 1. The van der Waals surface area contributed by atoms with Crippen molar-refractivity contribution in [2.75, 3.05) is 44.0 Å². The number of rotatable bonds is 5. The summed E-state index contributed by atoms with van der Waals surface area (Å²) in [5, 5.41) is 9.14. The molecule has 12 heteroatoms. The molecule has 2 aromatic heterocycles. The monoisotopic (exact) mass is 554 g/mol. The lowest BCUT2D eigenvalue weighted by Gasteiger charge is -2.37. The van der Waals surface area contributed by atoms with Gasteiger partial charge in [-0.15, -0.1) is 22.6 Å². The lowest BCUT2D eigenvalue weighted by molar-refractivity contribution is -0.141. The minimum absolute atomic E-state index is 0. The van der Waals surface area contributed by atoms with Gasteiger partial charge in [-0.3, -0.25) is 4.79 Å². The van der Waals surface area contributed by atoms with Gasteiger partial charge in [-0.05, 0) is 37.8 Å². The van der Waals surface area contributed by atoms with Crippen LogP contribution in [0.1, 0.15) is 39.3 Å². The molecule has 37 heavy (non-hydrogen) atoms. The quantitative estimate of drug-likeness (QED) is 0.417. The maximum Gasteiger partial charge on any atom is 0.435 e. The summed E-state index contributed by atoms with van der Waals surface area (Å²) in [6, 6.07) is 9.71. The summed E-state index contributed by atoms with van der Waals surface area (Å²) in [6.45, 7) is 5.31. The number of thiazole rings is 1. The molecule has 0 N–H and O–H groups in total. The molecule has 1 fully saturated rings. The second kappa shape index (κ2) is 11.2. The molecule has 1 saturated heterocycles. The molecule has 1 aliphatic heterocycles. The zero-order valence-corrected chi connectivity index (χ0v) is 23.0. The number of hydrogen-bond acceptors (Lipinski definition) is 7. The standard InChI is InChI=1S/C25H29F3N6OS.ClH/c1-15-16(2)22(31-30-19(15)17-9-7-6-8-10-17)34-13-11-18(12-14-34)33(5)23(35)20-21(25(26,27)28)29-24(36-20)32(3)4;/h6-10,18H,11-14H2,1-5H3;1H. The zero-order valence-electron chi connectivity index (χ0n) is 21.3. The van der Waals surface area contributed by atoms with Crippen molar-refractivity contribution in [3.05, 3.63) is 52.0 Å². The van der Waals surface area contributed by atoms with E-state index in [2.05, 4.69) is 20.1 Å². The van der Waals surface area contributed by atoms with Crippen LogP contribution in [-0.4, -0.2) is 66.3 Å². The highest BCUT2D eigenvalue weighted by Crippen LogP contribution is 2.38. The Balaban J connectivity index is 0.00000380. The zero-order chi connectivity index (χ0) is 26.2. The van der Waals surface area contributed by atoms with Gasteiger partial charge in [-0.1, -0.05) is 41.7 Å². The number of carbonyl (C=O) groups is 1. The Labute approximate surface area is 224 Å². The van der Waals surface area contributed by atoms with Crippen LogP contribution in [0.5, 0.6) is 0 Å². The summed E-state index contributed by atoms with van der Waals surface area (Å²) in [6.07, 6.45) is -3.47. The molecule has 0 bridgehead atoms. The van der Waals surface area contributed by atoms with Crippen molar-refractivity contribution in [2.24, 2.45) is 0 Å². The average Bonchev–Trinajstić information content (AvgIpc) is 3.32. The Morgan fingerprint density at radius 3 is 2.22 bits per heavy atom. The summed E-state index contributed by atoms with van der Waals surface area (Å²) in [5.41, 5.74) is 2.84. The molecular formula is C25H30ClF3N6OS. The van der Waals surface area contributed by atoms with Crippen LogP contribution < -0.4 is 9.80 Å². The van der Waals surface area contributed by atoms with E-state index in [-0.39, 0.29) is 28.5 Å². The summed E-state index contributed by atoms with van der Waals surface area (Å²) in [4.78, 5) is 21.5. The van der Waals surface area contributed by atoms with E-state index in [0.29, 0.717) is 25.9 Å². The van der Waals surface area contributed by atoms with E-state index >= 15 is 0 Å². The molecule has 1 amide bonds. The molecule has 3 heterocycles. The summed E-state index contributed by atoms with van der Waals surface area (Å²) in [7, 11) is 4.78.